The minimum absolute atomic E-state index is 0.122. The average Bonchev–Trinajstić information content (AvgIpc) is 2.79. The van der Waals surface area contributed by atoms with Gasteiger partial charge in [0.25, 0.3) is 0 Å². The molecule has 0 radical (unpaired) electrons. The highest BCUT2D eigenvalue weighted by atomic mass is 16.7. The molecule has 0 saturated carbocycles. The van der Waals surface area contributed by atoms with Crippen molar-refractivity contribution in [2.24, 2.45) is 5.92 Å². The summed E-state index contributed by atoms with van der Waals surface area (Å²) < 4.78 is 22.6. The normalized spacial score (nSPS) is 17.6. The molecule has 1 aliphatic carbocycles. The van der Waals surface area contributed by atoms with Crippen molar-refractivity contribution >= 4 is 5.78 Å². The molecule has 0 fully saturated rings. The maximum Gasteiger partial charge on any atom is 0.188 e. The Kier molecular flexibility index (Phi) is 9.13. The van der Waals surface area contributed by atoms with Gasteiger partial charge in [-0.2, -0.15) is 0 Å². The van der Waals surface area contributed by atoms with Crippen molar-refractivity contribution in [2.75, 3.05) is 21.0 Å². The molecule has 1 aliphatic rings. The minimum Gasteiger partial charge on any atom is -0.497 e. The highest BCUT2D eigenvalue weighted by molar-refractivity contribution is 5.89. The fraction of sp³-hybridized carbons (Fsp3) is 0.423. The van der Waals surface area contributed by atoms with Crippen LogP contribution in [0.15, 0.2) is 60.7 Å². The van der Waals surface area contributed by atoms with Gasteiger partial charge in [-0.25, -0.2) is 0 Å². The van der Waals surface area contributed by atoms with E-state index in [1.165, 1.54) is 0 Å². The molecule has 0 aromatic heterocycles. The lowest BCUT2D eigenvalue weighted by Crippen LogP contribution is -2.14. The first-order chi connectivity index (χ1) is 15.2. The molecule has 166 valence electrons. The van der Waals surface area contributed by atoms with Gasteiger partial charge in [-0.3, -0.25) is 4.79 Å². The van der Waals surface area contributed by atoms with Gasteiger partial charge in [-0.15, -0.1) is 0 Å². The van der Waals surface area contributed by atoms with E-state index in [1.807, 2.05) is 48.5 Å². The number of hydrogen-bond acceptors (Lipinski definition) is 5. The second-order valence-electron chi connectivity index (χ2n) is 7.83. The molecule has 31 heavy (non-hydrogen) atoms. The summed E-state index contributed by atoms with van der Waals surface area (Å²) in [7, 11) is 3.28. The van der Waals surface area contributed by atoms with Gasteiger partial charge in [-0.1, -0.05) is 36.4 Å². The summed E-state index contributed by atoms with van der Waals surface area (Å²) in [6.07, 6.45) is 7.92. The van der Waals surface area contributed by atoms with E-state index in [4.69, 9.17) is 18.9 Å². The third-order valence-electron chi connectivity index (χ3n) is 5.56. The Bertz CT molecular complexity index is 843. The van der Waals surface area contributed by atoms with Crippen molar-refractivity contribution in [1.29, 1.82) is 0 Å². The van der Waals surface area contributed by atoms with Crippen LogP contribution in [0.25, 0.3) is 0 Å². The minimum atomic E-state index is -0.122. The first-order valence-electron chi connectivity index (χ1n) is 10.8. The van der Waals surface area contributed by atoms with E-state index >= 15 is 0 Å². The molecule has 2 atom stereocenters. The second-order valence-corrected chi connectivity index (χ2v) is 7.83. The highest BCUT2D eigenvalue weighted by Gasteiger charge is 2.22. The number of carbonyl (C=O) groups excluding carboxylic acids is 1. The van der Waals surface area contributed by atoms with E-state index in [9.17, 15) is 4.79 Å². The molecule has 0 N–H and O–H groups in total. The van der Waals surface area contributed by atoms with Gasteiger partial charge in [0.05, 0.1) is 19.8 Å². The Balaban J connectivity index is 1.77. The van der Waals surface area contributed by atoms with E-state index < -0.39 is 0 Å². The van der Waals surface area contributed by atoms with Gasteiger partial charge in [0, 0.05) is 19.1 Å². The summed E-state index contributed by atoms with van der Waals surface area (Å²) in [5, 5.41) is 0. The predicted octanol–water partition coefficient (Wildman–Crippen LogP) is 5.64. The fourth-order valence-electron chi connectivity index (χ4n) is 3.88. The van der Waals surface area contributed by atoms with Crippen LogP contribution in [0.1, 0.15) is 49.3 Å². The third kappa shape index (κ3) is 7.23. The average molecular weight is 425 g/mol. The molecule has 2 aromatic carbocycles. The number of carbonyl (C=O) groups is 1. The van der Waals surface area contributed by atoms with Gasteiger partial charge >= 0.3 is 0 Å². The van der Waals surface area contributed by atoms with E-state index in [0.29, 0.717) is 18.9 Å². The first kappa shape index (κ1) is 23.0. The fourth-order valence-corrected chi connectivity index (χ4v) is 3.88. The van der Waals surface area contributed by atoms with E-state index in [1.54, 1.807) is 20.3 Å². The van der Waals surface area contributed by atoms with Crippen molar-refractivity contribution in [1.82, 2.24) is 0 Å². The first-order valence-corrected chi connectivity index (χ1v) is 10.8. The van der Waals surface area contributed by atoms with E-state index in [-0.39, 0.29) is 18.7 Å². The number of hydrogen-bond donors (Lipinski definition) is 0. The molecule has 0 bridgehead atoms. The number of allylic oxidation sites excluding steroid dienone is 2. The Morgan fingerprint density at radius 2 is 1.87 bits per heavy atom. The molecule has 3 rings (SSSR count). The molecular formula is C26H32O5. The maximum atomic E-state index is 11.7. The molecule has 0 spiro atoms. The molecular weight excluding hydrogens is 392 g/mol. The Labute approximate surface area is 185 Å². The van der Waals surface area contributed by atoms with Crippen molar-refractivity contribution < 1.29 is 23.7 Å². The molecule has 0 saturated heterocycles. The topological polar surface area (TPSA) is 54.0 Å². The summed E-state index contributed by atoms with van der Waals surface area (Å²) in [5.41, 5.74) is 2.11. The number of rotatable bonds is 10. The van der Waals surface area contributed by atoms with E-state index in [0.717, 1.165) is 48.3 Å². The van der Waals surface area contributed by atoms with Crippen molar-refractivity contribution in [2.45, 2.75) is 44.8 Å². The molecule has 5 nitrogen and oxygen atoms in total. The Hall–Kier alpha value is -2.63. The SMILES string of the molecule is COCOc1ccccc1C(CC1CC=CC(=O)CCC1)OCc1ccc(OC)cc1. The summed E-state index contributed by atoms with van der Waals surface area (Å²) in [5.74, 6) is 2.28. The lowest BCUT2D eigenvalue weighted by Gasteiger charge is -2.26. The number of ketones is 1. The monoisotopic (exact) mass is 424 g/mol. The van der Waals surface area contributed by atoms with Gasteiger partial charge in [0.2, 0.25) is 0 Å². The van der Waals surface area contributed by atoms with Crippen molar-refractivity contribution in [3.8, 4) is 11.5 Å². The standard InChI is InChI=1S/C26H32O5/c1-28-19-31-25-12-4-3-11-24(25)26(17-20-7-5-9-22(27)10-6-8-20)30-18-21-13-15-23(29-2)16-14-21/h3-5,9,11-16,20,26H,6-8,10,17-19H2,1-2H3. The predicted molar refractivity (Wildman–Crippen MR) is 120 cm³/mol. The molecule has 2 unspecified atom stereocenters. The molecule has 2 aromatic rings. The van der Waals surface area contributed by atoms with Crippen LogP contribution < -0.4 is 9.47 Å². The van der Waals surface area contributed by atoms with E-state index in [2.05, 4.69) is 6.07 Å². The van der Waals surface area contributed by atoms with Gasteiger partial charge in [-0.05, 0) is 61.4 Å². The number of methoxy groups -OCH3 is 2. The van der Waals surface area contributed by atoms with Gasteiger partial charge in [0.15, 0.2) is 12.6 Å². The van der Waals surface area contributed by atoms with Crippen LogP contribution in [0, 0.1) is 5.92 Å². The zero-order valence-electron chi connectivity index (χ0n) is 18.4. The largest absolute Gasteiger partial charge is 0.497 e. The number of para-hydroxylation sites is 1. The van der Waals surface area contributed by atoms with Crippen LogP contribution in [0.2, 0.25) is 0 Å². The summed E-state index contributed by atoms with van der Waals surface area (Å²) in [6.45, 7) is 0.685. The van der Waals surface area contributed by atoms with Crippen LogP contribution in [-0.2, 0) is 20.9 Å². The summed E-state index contributed by atoms with van der Waals surface area (Å²) in [4.78, 5) is 11.7. The van der Waals surface area contributed by atoms with Crippen LogP contribution in [0.4, 0.5) is 0 Å². The van der Waals surface area contributed by atoms with Gasteiger partial charge in [0.1, 0.15) is 11.5 Å². The van der Waals surface area contributed by atoms with Crippen molar-refractivity contribution in [3.05, 3.63) is 71.8 Å². The lowest BCUT2D eigenvalue weighted by atomic mass is 9.87. The van der Waals surface area contributed by atoms with Crippen LogP contribution >= 0.6 is 0 Å². The smallest absolute Gasteiger partial charge is 0.188 e. The molecule has 0 aliphatic heterocycles. The summed E-state index contributed by atoms with van der Waals surface area (Å²) >= 11 is 0. The van der Waals surface area contributed by atoms with Crippen molar-refractivity contribution in [3.63, 3.8) is 0 Å². The Morgan fingerprint density at radius 3 is 2.65 bits per heavy atom. The molecule has 0 amide bonds. The van der Waals surface area contributed by atoms with Gasteiger partial charge < -0.3 is 18.9 Å². The molecule has 5 heteroatoms. The molecule has 0 heterocycles. The van der Waals surface area contributed by atoms with Crippen LogP contribution in [0.3, 0.4) is 0 Å². The highest BCUT2D eigenvalue weighted by Crippen LogP contribution is 2.36. The summed E-state index contributed by atoms with van der Waals surface area (Å²) in [6, 6.07) is 15.9. The second kappa shape index (κ2) is 12.3. The zero-order valence-corrected chi connectivity index (χ0v) is 18.4. The number of ether oxygens (including phenoxy) is 4. The zero-order chi connectivity index (χ0) is 21.9. The quantitative estimate of drug-likeness (QED) is 0.462. The lowest BCUT2D eigenvalue weighted by molar-refractivity contribution is -0.114. The van der Waals surface area contributed by atoms with Crippen LogP contribution in [-0.4, -0.2) is 26.8 Å². The Morgan fingerprint density at radius 1 is 1.06 bits per heavy atom. The third-order valence-corrected chi connectivity index (χ3v) is 5.56. The number of benzene rings is 2. The van der Waals surface area contributed by atoms with Crippen LogP contribution in [0.5, 0.6) is 11.5 Å². The maximum absolute atomic E-state index is 11.7.